The minimum absolute atomic E-state index is 0.00304. The van der Waals surface area contributed by atoms with Crippen LogP contribution in [0.15, 0.2) is 0 Å². The molecule has 3 fully saturated rings. The van der Waals surface area contributed by atoms with E-state index < -0.39 is 5.97 Å². The van der Waals surface area contributed by atoms with Gasteiger partial charge >= 0.3 is 5.97 Å². The number of amides is 1. The first-order chi connectivity index (χ1) is 8.65. The predicted molar refractivity (Wildman–Crippen MR) is 64.9 cm³/mol. The fourth-order valence-corrected chi connectivity index (χ4v) is 3.78. The SMILES string of the molecule is O=C(O)CC1CN(C(=O)C2NCC3CCCC32)C1. The van der Waals surface area contributed by atoms with Crippen LogP contribution in [0.1, 0.15) is 25.7 Å². The van der Waals surface area contributed by atoms with Crippen LogP contribution in [0.25, 0.3) is 0 Å². The molecular weight excluding hydrogens is 232 g/mol. The van der Waals surface area contributed by atoms with E-state index in [9.17, 15) is 9.59 Å². The van der Waals surface area contributed by atoms with Crippen molar-refractivity contribution in [2.75, 3.05) is 19.6 Å². The van der Waals surface area contributed by atoms with Crippen LogP contribution < -0.4 is 5.32 Å². The first-order valence-corrected chi connectivity index (χ1v) is 6.89. The number of carbonyl (C=O) groups excluding carboxylic acids is 1. The molecule has 1 amide bonds. The minimum Gasteiger partial charge on any atom is -0.481 e. The molecular formula is C13H20N2O3. The van der Waals surface area contributed by atoms with Crippen molar-refractivity contribution in [3.63, 3.8) is 0 Å². The Balaban J connectivity index is 1.52. The minimum atomic E-state index is -0.762. The van der Waals surface area contributed by atoms with Crippen LogP contribution in [0.5, 0.6) is 0 Å². The molecule has 0 aromatic heterocycles. The van der Waals surface area contributed by atoms with Gasteiger partial charge in [-0.05, 0) is 31.2 Å². The molecule has 0 spiro atoms. The Hall–Kier alpha value is -1.10. The lowest BCUT2D eigenvalue weighted by Gasteiger charge is -2.40. The smallest absolute Gasteiger partial charge is 0.303 e. The van der Waals surface area contributed by atoms with Crippen molar-refractivity contribution in [2.45, 2.75) is 31.7 Å². The maximum atomic E-state index is 12.3. The molecule has 5 nitrogen and oxygen atoms in total. The lowest BCUT2D eigenvalue weighted by atomic mass is 9.90. The molecule has 3 rings (SSSR count). The molecule has 100 valence electrons. The average molecular weight is 252 g/mol. The number of nitrogens with one attached hydrogen (secondary N) is 1. The zero-order valence-electron chi connectivity index (χ0n) is 10.5. The van der Waals surface area contributed by atoms with Gasteiger partial charge in [-0.15, -0.1) is 0 Å². The molecule has 1 saturated carbocycles. The molecule has 2 aliphatic heterocycles. The van der Waals surface area contributed by atoms with Crippen molar-refractivity contribution in [1.29, 1.82) is 0 Å². The van der Waals surface area contributed by atoms with Gasteiger partial charge in [-0.2, -0.15) is 0 Å². The van der Waals surface area contributed by atoms with Crippen molar-refractivity contribution >= 4 is 11.9 Å². The van der Waals surface area contributed by atoms with Gasteiger partial charge in [0.25, 0.3) is 0 Å². The summed E-state index contributed by atoms with van der Waals surface area (Å²) in [6.07, 6.45) is 3.86. The second-order valence-corrected chi connectivity index (χ2v) is 5.95. The second kappa shape index (κ2) is 4.53. The first-order valence-electron chi connectivity index (χ1n) is 6.89. The Kier molecular flexibility index (Phi) is 3.01. The van der Waals surface area contributed by atoms with Gasteiger partial charge in [0.2, 0.25) is 5.91 Å². The highest BCUT2D eigenvalue weighted by Gasteiger charge is 2.45. The van der Waals surface area contributed by atoms with Gasteiger partial charge in [0.05, 0.1) is 12.5 Å². The van der Waals surface area contributed by atoms with Crippen LogP contribution >= 0.6 is 0 Å². The maximum Gasteiger partial charge on any atom is 0.303 e. The number of aliphatic carboxylic acids is 1. The van der Waals surface area contributed by atoms with E-state index >= 15 is 0 Å². The van der Waals surface area contributed by atoms with Gasteiger partial charge in [0.1, 0.15) is 0 Å². The van der Waals surface area contributed by atoms with E-state index in [1.54, 1.807) is 0 Å². The fraction of sp³-hybridized carbons (Fsp3) is 0.846. The lowest BCUT2D eigenvalue weighted by molar-refractivity contribution is -0.146. The Morgan fingerprint density at radius 1 is 1.28 bits per heavy atom. The van der Waals surface area contributed by atoms with Crippen LogP contribution in [0.2, 0.25) is 0 Å². The number of carboxylic acid groups (broad SMARTS) is 1. The molecule has 1 aliphatic carbocycles. The Morgan fingerprint density at radius 2 is 2.06 bits per heavy atom. The van der Waals surface area contributed by atoms with E-state index in [-0.39, 0.29) is 24.3 Å². The molecule has 0 aromatic carbocycles. The van der Waals surface area contributed by atoms with Gasteiger partial charge in [-0.1, -0.05) is 6.42 Å². The number of likely N-dealkylation sites (tertiary alicyclic amines) is 1. The monoisotopic (exact) mass is 252 g/mol. The summed E-state index contributed by atoms with van der Waals surface area (Å²) < 4.78 is 0. The van der Waals surface area contributed by atoms with Crippen molar-refractivity contribution in [2.24, 2.45) is 17.8 Å². The third-order valence-corrected chi connectivity index (χ3v) is 4.74. The summed E-state index contributed by atoms with van der Waals surface area (Å²) in [5.41, 5.74) is 0. The number of fused-ring (bicyclic) bond motifs is 1. The number of rotatable bonds is 3. The zero-order chi connectivity index (χ0) is 12.7. The van der Waals surface area contributed by atoms with E-state index in [0.29, 0.717) is 24.9 Å². The number of hydrogen-bond acceptors (Lipinski definition) is 3. The normalized spacial score (nSPS) is 35.3. The quantitative estimate of drug-likeness (QED) is 0.758. The number of nitrogens with zero attached hydrogens (tertiary/aromatic N) is 1. The topological polar surface area (TPSA) is 69.6 Å². The van der Waals surface area contributed by atoms with Crippen molar-refractivity contribution < 1.29 is 14.7 Å². The summed E-state index contributed by atoms with van der Waals surface area (Å²) in [6, 6.07) is 0.00304. The summed E-state index contributed by atoms with van der Waals surface area (Å²) >= 11 is 0. The summed E-state index contributed by atoms with van der Waals surface area (Å²) in [5, 5.41) is 12.0. The summed E-state index contributed by atoms with van der Waals surface area (Å²) in [4.78, 5) is 24.7. The largest absolute Gasteiger partial charge is 0.481 e. The predicted octanol–water partition coefficient (Wildman–Crippen LogP) is 0.308. The molecule has 3 aliphatic rings. The Bertz CT molecular complexity index is 365. The Morgan fingerprint density at radius 3 is 2.78 bits per heavy atom. The first kappa shape index (κ1) is 12.0. The van der Waals surface area contributed by atoms with Crippen molar-refractivity contribution in [1.82, 2.24) is 10.2 Å². The molecule has 2 heterocycles. The van der Waals surface area contributed by atoms with Gasteiger partial charge < -0.3 is 15.3 Å². The molecule has 2 N–H and O–H groups in total. The standard InChI is InChI=1S/C13H20N2O3/c16-11(17)4-8-6-15(7-8)13(18)12-10-3-1-2-9(10)5-14-12/h8-10,12,14H,1-7H2,(H,16,17). The molecule has 5 heteroatoms. The average Bonchev–Trinajstić information content (AvgIpc) is 2.82. The van der Waals surface area contributed by atoms with Gasteiger partial charge in [-0.25, -0.2) is 0 Å². The fourth-order valence-electron chi connectivity index (χ4n) is 3.78. The van der Waals surface area contributed by atoms with Crippen molar-refractivity contribution in [3.05, 3.63) is 0 Å². The summed E-state index contributed by atoms with van der Waals surface area (Å²) in [6.45, 7) is 2.23. The van der Waals surface area contributed by atoms with Crippen LogP contribution in [-0.2, 0) is 9.59 Å². The zero-order valence-corrected chi connectivity index (χ0v) is 10.5. The van der Waals surface area contributed by atoms with Crippen LogP contribution in [0.3, 0.4) is 0 Å². The van der Waals surface area contributed by atoms with E-state index in [1.807, 2.05) is 4.90 Å². The highest BCUT2D eigenvalue weighted by molar-refractivity contribution is 5.83. The van der Waals surface area contributed by atoms with E-state index in [0.717, 1.165) is 6.54 Å². The molecule has 3 atom stereocenters. The molecule has 2 saturated heterocycles. The van der Waals surface area contributed by atoms with E-state index in [2.05, 4.69) is 5.32 Å². The maximum absolute atomic E-state index is 12.3. The van der Waals surface area contributed by atoms with E-state index in [4.69, 9.17) is 5.11 Å². The highest BCUT2D eigenvalue weighted by Crippen LogP contribution is 2.38. The van der Waals surface area contributed by atoms with Crippen molar-refractivity contribution in [3.8, 4) is 0 Å². The number of carbonyl (C=O) groups is 2. The van der Waals surface area contributed by atoms with Crippen LogP contribution in [0.4, 0.5) is 0 Å². The van der Waals surface area contributed by atoms with Gasteiger partial charge in [0, 0.05) is 19.0 Å². The van der Waals surface area contributed by atoms with Crippen LogP contribution in [0, 0.1) is 17.8 Å². The summed E-state index contributed by atoms with van der Waals surface area (Å²) in [5.74, 6) is 0.811. The molecule has 0 bridgehead atoms. The third kappa shape index (κ3) is 2.00. The summed E-state index contributed by atoms with van der Waals surface area (Å²) in [7, 11) is 0. The third-order valence-electron chi connectivity index (χ3n) is 4.74. The molecule has 3 unspecified atom stereocenters. The van der Waals surface area contributed by atoms with Gasteiger partial charge in [0.15, 0.2) is 0 Å². The molecule has 0 radical (unpaired) electrons. The molecule has 0 aromatic rings. The number of hydrogen-bond donors (Lipinski definition) is 2. The highest BCUT2D eigenvalue weighted by atomic mass is 16.4. The Labute approximate surface area is 107 Å². The lowest BCUT2D eigenvalue weighted by Crippen LogP contribution is -2.56. The molecule has 18 heavy (non-hydrogen) atoms. The second-order valence-electron chi connectivity index (χ2n) is 5.95. The number of carboxylic acids is 1. The van der Waals surface area contributed by atoms with Gasteiger partial charge in [-0.3, -0.25) is 9.59 Å². The van der Waals surface area contributed by atoms with Crippen LogP contribution in [-0.4, -0.2) is 47.6 Å². The van der Waals surface area contributed by atoms with E-state index in [1.165, 1.54) is 19.3 Å².